The Labute approximate surface area is 152 Å². The predicted molar refractivity (Wildman–Crippen MR) is 91.0 cm³/mol. The van der Waals surface area contributed by atoms with Crippen LogP contribution in [0.15, 0.2) is 18.6 Å². The van der Waals surface area contributed by atoms with Crippen molar-refractivity contribution in [2.45, 2.75) is 44.2 Å². The molecule has 1 saturated carbocycles. The first-order valence-electron chi connectivity index (χ1n) is 8.91. The highest BCUT2D eigenvalue weighted by atomic mass is 19.4. The number of aromatic nitrogens is 5. The van der Waals surface area contributed by atoms with Crippen LogP contribution in [0.3, 0.4) is 0 Å². The molecule has 1 fully saturated rings. The molecule has 1 aliphatic carbocycles. The van der Waals surface area contributed by atoms with Crippen LogP contribution in [0, 0.1) is 5.92 Å². The van der Waals surface area contributed by atoms with E-state index in [-0.39, 0.29) is 18.4 Å². The van der Waals surface area contributed by atoms with E-state index < -0.39 is 18.5 Å². The van der Waals surface area contributed by atoms with E-state index in [0.717, 1.165) is 47.9 Å². The molecule has 4 rings (SSSR count). The number of H-pyrrole nitrogens is 1. The summed E-state index contributed by atoms with van der Waals surface area (Å²) < 4.78 is 38.3. The molecule has 10 heteroatoms. The molecule has 0 atom stereocenters. The Hall–Kier alpha value is -2.65. The molecule has 3 aromatic rings. The second-order valence-corrected chi connectivity index (χ2v) is 7.07. The monoisotopic (exact) mass is 380 g/mol. The molecule has 0 aliphatic heterocycles. The lowest BCUT2D eigenvalue weighted by atomic mass is 9.80. The van der Waals surface area contributed by atoms with Crippen LogP contribution in [0.1, 0.15) is 43.7 Å². The standard InChI is InChI=1S/C17H19F3N6O/c18-17(19,20)7-13(27)22-8-10-1-3-11(4-2-10)14-15-12-5-6-21-16(12)23-9-26(15)25-24-14/h5-6,9-11,21H,1-4,7-8H2,(H,22,27). The topological polar surface area (TPSA) is 88.0 Å². The highest BCUT2D eigenvalue weighted by Gasteiger charge is 2.32. The summed E-state index contributed by atoms with van der Waals surface area (Å²) in [6, 6.07) is 1.95. The van der Waals surface area contributed by atoms with E-state index in [1.807, 2.05) is 12.3 Å². The van der Waals surface area contributed by atoms with Gasteiger partial charge in [0, 0.05) is 24.0 Å². The van der Waals surface area contributed by atoms with Crippen molar-refractivity contribution in [3.05, 3.63) is 24.3 Å². The van der Waals surface area contributed by atoms with Gasteiger partial charge in [-0.3, -0.25) is 4.79 Å². The highest BCUT2D eigenvalue weighted by Crippen LogP contribution is 2.37. The number of carbonyl (C=O) groups excluding carboxylic acids is 1. The summed E-state index contributed by atoms with van der Waals surface area (Å²) in [5, 5.41) is 11.9. The third-order valence-electron chi connectivity index (χ3n) is 5.18. The normalized spacial score (nSPS) is 21.0. The number of amides is 1. The minimum absolute atomic E-state index is 0.189. The second-order valence-electron chi connectivity index (χ2n) is 7.07. The predicted octanol–water partition coefficient (Wildman–Crippen LogP) is 2.95. The van der Waals surface area contributed by atoms with Crippen LogP contribution in [0.25, 0.3) is 16.6 Å². The average Bonchev–Trinajstić information content (AvgIpc) is 3.25. The summed E-state index contributed by atoms with van der Waals surface area (Å²) in [6.07, 6.45) is 0.964. The molecule has 144 valence electrons. The second kappa shape index (κ2) is 6.82. The van der Waals surface area contributed by atoms with Crippen LogP contribution in [-0.2, 0) is 4.79 Å². The maximum absolute atomic E-state index is 12.2. The van der Waals surface area contributed by atoms with Gasteiger partial charge in [-0.05, 0) is 37.7 Å². The van der Waals surface area contributed by atoms with Crippen molar-refractivity contribution in [2.75, 3.05) is 6.54 Å². The summed E-state index contributed by atoms with van der Waals surface area (Å²) in [5.74, 6) is -0.532. The summed E-state index contributed by atoms with van der Waals surface area (Å²) in [4.78, 5) is 18.7. The van der Waals surface area contributed by atoms with Crippen LogP contribution >= 0.6 is 0 Å². The van der Waals surface area contributed by atoms with E-state index in [1.165, 1.54) is 0 Å². The zero-order valence-corrected chi connectivity index (χ0v) is 14.5. The number of hydrogen-bond donors (Lipinski definition) is 2. The molecule has 0 aromatic carbocycles. The van der Waals surface area contributed by atoms with Crippen molar-refractivity contribution in [1.29, 1.82) is 0 Å². The van der Waals surface area contributed by atoms with Gasteiger partial charge in [0.1, 0.15) is 23.9 Å². The molecule has 27 heavy (non-hydrogen) atoms. The molecule has 0 unspecified atom stereocenters. The lowest BCUT2D eigenvalue weighted by Crippen LogP contribution is -2.33. The number of hydrogen-bond acceptors (Lipinski definition) is 4. The SMILES string of the molecule is O=C(CC(F)(F)F)NCC1CCC(c2nnn3cnc4[nH]ccc4c23)CC1. The fraction of sp³-hybridized carbons (Fsp3) is 0.529. The molecule has 1 aliphatic rings. The van der Waals surface area contributed by atoms with Gasteiger partial charge in [-0.1, -0.05) is 5.21 Å². The number of aromatic amines is 1. The Balaban J connectivity index is 1.39. The first-order valence-corrected chi connectivity index (χ1v) is 8.91. The zero-order chi connectivity index (χ0) is 19.0. The molecule has 3 aromatic heterocycles. The van der Waals surface area contributed by atoms with E-state index in [9.17, 15) is 18.0 Å². The van der Waals surface area contributed by atoms with Crippen molar-refractivity contribution < 1.29 is 18.0 Å². The molecule has 0 saturated heterocycles. The van der Waals surface area contributed by atoms with Gasteiger partial charge < -0.3 is 10.3 Å². The van der Waals surface area contributed by atoms with Gasteiger partial charge in [0.15, 0.2) is 0 Å². The van der Waals surface area contributed by atoms with Crippen molar-refractivity contribution in [1.82, 2.24) is 30.1 Å². The van der Waals surface area contributed by atoms with Crippen LogP contribution < -0.4 is 5.32 Å². The van der Waals surface area contributed by atoms with Crippen molar-refractivity contribution >= 4 is 22.5 Å². The fourth-order valence-electron chi connectivity index (χ4n) is 3.84. The van der Waals surface area contributed by atoms with Crippen LogP contribution in [0.5, 0.6) is 0 Å². The van der Waals surface area contributed by atoms with Crippen molar-refractivity contribution in [3.63, 3.8) is 0 Å². The van der Waals surface area contributed by atoms with Gasteiger partial charge >= 0.3 is 6.18 Å². The third kappa shape index (κ3) is 3.74. The molecule has 0 radical (unpaired) electrons. The van der Waals surface area contributed by atoms with E-state index in [0.29, 0.717) is 0 Å². The molecular formula is C17H19F3N6O. The molecule has 2 N–H and O–H groups in total. The first kappa shape index (κ1) is 17.7. The zero-order valence-electron chi connectivity index (χ0n) is 14.5. The number of rotatable bonds is 4. The van der Waals surface area contributed by atoms with Gasteiger partial charge in [-0.15, -0.1) is 5.10 Å². The fourth-order valence-corrected chi connectivity index (χ4v) is 3.84. The Kier molecular flexibility index (Phi) is 4.48. The van der Waals surface area contributed by atoms with Gasteiger partial charge in [-0.2, -0.15) is 13.2 Å². The minimum Gasteiger partial charge on any atom is -0.356 e. The number of halogens is 3. The molecule has 7 nitrogen and oxygen atoms in total. The quantitative estimate of drug-likeness (QED) is 0.728. The number of alkyl halides is 3. The van der Waals surface area contributed by atoms with E-state index in [4.69, 9.17) is 0 Å². The highest BCUT2D eigenvalue weighted by molar-refractivity contribution is 5.92. The lowest BCUT2D eigenvalue weighted by molar-refractivity contribution is -0.153. The van der Waals surface area contributed by atoms with Crippen LogP contribution in [0.2, 0.25) is 0 Å². The van der Waals surface area contributed by atoms with Crippen molar-refractivity contribution in [3.8, 4) is 0 Å². The Bertz CT molecular complexity index is 955. The summed E-state index contributed by atoms with van der Waals surface area (Å²) in [5.41, 5.74) is 2.66. The summed E-state index contributed by atoms with van der Waals surface area (Å²) in [6.45, 7) is 0.287. The van der Waals surface area contributed by atoms with Gasteiger partial charge in [0.25, 0.3) is 0 Å². The Morgan fingerprint density at radius 2 is 2.07 bits per heavy atom. The Morgan fingerprint density at radius 3 is 2.81 bits per heavy atom. The van der Waals surface area contributed by atoms with Crippen LogP contribution in [0.4, 0.5) is 13.2 Å². The number of nitrogens with one attached hydrogen (secondary N) is 2. The van der Waals surface area contributed by atoms with Gasteiger partial charge in [-0.25, -0.2) is 9.50 Å². The largest absolute Gasteiger partial charge is 0.397 e. The molecule has 1 amide bonds. The lowest BCUT2D eigenvalue weighted by Gasteiger charge is -2.27. The Morgan fingerprint density at radius 1 is 1.30 bits per heavy atom. The maximum atomic E-state index is 12.2. The summed E-state index contributed by atoms with van der Waals surface area (Å²) in [7, 11) is 0. The van der Waals surface area contributed by atoms with Gasteiger partial charge in [0.2, 0.25) is 5.91 Å². The minimum atomic E-state index is -4.46. The van der Waals surface area contributed by atoms with Crippen molar-refractivity contribution in [2.24, 2.45) is 5.92 Å². The van der Waals surface area contributed by atoms with E-state index in [2.05, 4.69) is 25.6 Å². The maximum Gasteiger partial charge on any atom is 0.397 e. The smallest absolute Gasteiger partial charge is 0.356 e. The van der Waals surface area contributed by atoms with Gasteiger partial charge in [0.05, 0.1) is 5.69 Å². The van der Waals surface area contributed by atoms with E-state index in [1.54, 1.807) is 10.8 Å². The number of fused-ring (bicyclic) bond motifs is 3. The summed E-state index contributed by atoms with van der Waals surface area (Å²) >= 11 is 0. The number of nitrogens with zero attached hydrogens (tertiary/aromatic N) is 4. The van der Waals surface area contributed by atoms with E-state index >= 15 is 0 Å². The molecule has 3 heterocycles. The first-order chi connectivity index (χ1) is 12.9. The van der Waals surface area contributed by atoms with Crippen LogP contribution in [-0.4, -0.2) is 43.4 Å². The molecular weight excluding hydrogens is 361 g/mol. The molecule has 0 spiro atoms. The number of carbonyl (C=O) groups is 1. The average molecular weight is 380 g/mol. The third-order valence-corrected chi connectivity index (χ3v) is 5.18. The molecule has 0 bridgehead atoms.